The number of nitrogens with one attached hydrogen (secondary N) is 1. The predicted molar refractivity (Wildman–Crippen MR) is 83.2 cm³/mol. The number of rotatable bonds is 9. The Morgan fingerprint density at radius 3 is 2.59 bits per heavy atom. The highest BCUT2D eigenvalue weighted by Gasteiger charge is 2.12. The van der Waals surface area contributed by atoms with Crippen molar-refractivity contribution in [3.8, 4) is 0 Å². The third-order valence-electron chi connectivity index (χ3n) is 3.18. The molecule has 0 unspecified atom stereocenters. The van der Waals surface area contributed by atoms with Gasteiger partial charge in [-0.3, -0.25) is 4.79 Å². The van der Waals surface area contributed by atoms with Crippen molar-refractivity contribution < 1.29 is 19.4 Å². The second-order valence-corrected chi connectivity index (χ2v) is 4.90. The molecule has 2 N–H and O–H groups in total. The van der Waals surface area contributed by atoms with Crippen molar-refractivity contribution in [2.24, 2.45) is 0 Å². The summed E-state index contributed by atoms with van der Waals surface area (Å²) in [4.78, 5) is 24.6. The van der Waals surface area contributed by atoms with Gasteiger partial charge in [0.1, 0.15) is 0 Å². The summed E-state index contributed by atoms with van der Waals surface area (Å²) in [7, 11) is 1.36. The fourth-order valence-corrected chi connectivity index (χ4v) is 1.98. The average molecular weight is 308 g/mol. The number of amides is 2. The number of carbonyl (C=O) groups is 2. The second-order valence-electron chi connectivity index (χ2n) is 4.90. The molecule has 0 bridgehead atoms. The zero-order valence-electron chi connectivity index (χ0n) is 13.0. The van der Waals surface area contributed by atoms with E-state index in [9.17, 15) is 9.59 Å². The Morgan fingerprint density at radius 2 is 1.95 bits per heavy atom. The van der Waals surface area contributed by atoms with Gasteiger partial charge < -0.3 is 20.1 Å². The van der Waals surface area contributed by atoms with Crippen molar-refractivity contribution in [1.29, 1.82) is 0 Å². The first-order valence-corrected chi connectivity index (χ1v) is 7.41. The molecule has 0 aromatic heterocycles. The SMILES string of the molecule is COC(=O)CCCCNC(=O)N(CCO)Cc1ccccc1. The van der Waals surface area contributed by atoms with Crippen LogP contribution >= 0.6 is 0 Å². The Labute approximate surface area is 131 Å². The van der Waals surface area contributed by atoms with Gasteiger partial charge in [-0.2, -0.15) is 0 Å². The summed E-state index contributed by atoms with van der Waals surface area (Å²) in [5.74, 6) is -0.239. The minimum Gasteiger partial charge on any atom is -0.469 e. The summed E-state index contributed by atoms with van der Waals surface area (Å²) >= 11 is 0. The van der Waals surface area contributed by atoms with E-state index in [-0.39, 0.29) is 25.2 Å². The lowest BCUT2D eigenvalue weighted by Crippen LogP contribution is -2.41. The van der Waals surface area contributed by atoms with Crippen LogP contribution in [0.2, 0.25) is 0 Å². The minimum absolute atomic E-state index is 0.0808. The number of aliphatic hydroxyl groups excluding tert-OH is 1. The van der Waals surface area contributed by atoms with Gasteiger partial charge in [0.2, 0.25) is 0 Å². The van der Waals surface area contributed by atoms with E-state index in [0.717, 1.165) is 5.56 Å². The third-order valence-corrected chi connectivity index (χ3v) is 3.18. The molecule has 6 nitrogen and oxygen atoms in total. The normalized spacial score (nSPS) is 10.1. The lowest BCUT2D eigenvalue weighted by Gasteiger charge is -2.22. The quantitative estimate of drug-likeness (QED) is 0.536. The molecule has 0 spiro atoms. The van der Waals surface area contributed by atoms with E-state index in [1.54, 1.807) is 4.90 Å². The number of hydrogen-bond donors (Lipinski definition) is 2. The summed E-state index contributed by atoms with van der Waals surface area (Å²) in [6, 6.07) is 9.41. The summed E-state index contributed by atoms with van der Waals surface area (Å²) in [6.45, 7) is 1.15. The highest BCUT2D eigenvalue weighted by molar-refractivity contribution is 5.74. The first-order chi connectivity index (χ1) is 10.7. The van der Waals surface area contributed by atoms with Crippen LogP contribution < -0.4 is 5.32 Å². The van der Waals surface area contributed by atoms with Crippen LogP contribution in [0.4, 0.5) is 4.79 Å². The minimum atomic E-state index is -0.239. The first kappa shape index (κ1) is 18.0. The highest BCUT2D eigenvalue weighted by atomic mass is 16.5. The number of benzene rings is 1. The van der Waals surface area contributed by atoms with Gasteiger partial charge in [0.25, 0.3) is 0 Å². The number of aliphatic hydroxyl groups is 1. The van der Waals surface area contributed by atoms with Gasteiger partial charge in [0, 0.05) is 26.1 Å². The molecule has 0 radical (unpaired) electrons. The largest absolute Gasteiger partial charge is 0.469 e. The smallest absolute Gasteiger partial charge is 0.317 e. The highest BCUT2D eigenvalue weighted by Crippen LogP contribution is 2.04. The molecule has 0 heterocycles. The fraction of sp³-hybridized carbons (Fsp3) is 0.500. The van der Waals surface area contributed by atoms with Crippen molar-refractivity contribution in [1.82, 2.24) is 10.2 Å². The third kappa shape index (κ3) is 7.08. The van der Waals surface area contributed by atoms with Gasteiger partial charge in [0.05, 0.1) is 13.7 Å². The topological polar surface area (TPSA) is 78.9 Å². The maximum Gasteiger partial charge on any atom is 0.317 e. The summed E-state index contributed by atoms with van der Waals surface area (Å²) < 4.78 is 4.55. The van der Waals surface area contributed by atoms with Gasteiger partial charge in [-0.15, -0.1) is 0 Å². The molecule has 2 amide bonds. The van der Waals surface area contributed by atoms with Crippen molar-refractivity contribution in [3.63, 3.8) is 0 Å². The Kier molecular flexibility index (Phi) is 8.67. The molecule has 0 aliphatic rings. The Bertz CT molecular complexity index is 451. The molecule has 0 saturated carbocycles. The lowest BCUT2D eigenvalue weighted by atomic mass is 10.2. The Hall–Kier alpha value is -2.08. The van der Waals surface area contributed by atoms with Crippen LogP contribution in [0.25, 0.3) is 0 Å². The number of hydrogen-bond acceptors (Lipinski definition) is 4. The lowest BCUT2D eigenvalue weighted by molar-refractivity contribution is -0.140. The van der Waals surface area contributed by atoms with Crippen molar-refractivity contribution in [3.05, 3.63) is 35.9 Å². The fourth-order valence-electron chi connectivity index (χ4n) is 1.98. The van der Waals surface area contributed by atoms with Crippen LogP contribution in [-0.4, -0.2) is 48.8 Å². The monoisotopic (exact) mass is 308 g/mol. The Morgan fingerprint density at radius 1 is 1.23 bits per heavy atom. The molecule has 0 aliphatic carbocycles. The molecule has 0 saturated heterocycles. The maximum absolute atomic E-state index is 12.1. The molecular formula is C16H24N2O4. The molecule has 0 fully saturated rings. The van der Waals surface area contributed by atoms with E-state index < -0.39 is 0 Å². The van der Waals surface area contributed by atoms with Crippen LogP contribution in [0.5, 0.6) is 0 Å². The molecule has 1 rings (SSSR count). The van der Waals surface area contributed by atoms with E-state index in [1.165, 1.54) is 7.11 Å². The molecular weight excluding hydrogens is 284 g/mol. The van der Waals surface area contributed by atoms with Gasteiger partial charge in [-0.1, -0.05) is 30.3 Å². The number of esters is 1. The molecule has 6 heteroatoms. The number of carbonyl (C=O) groups excluding carboxylic acids is 2. The van der Waals surface area contributed by atoms with E-state index in [1.807, 2.05) is 30.3 Å². The van der Waals surface area contributed by atoms with Crippen LogP contribution in [0.3, 0.4) is 0 Å². The maximum atomic E-state index is 12.1. The molecule has 122 valence electrons. The number of unbranched alkanes of at least 4 members (excludes halogenated alkanes) is 1. The van der Waals surface area contributed by atoms with Crippen molar-refractivity contribution >= 4 is 12.0 Å². The molecule has 0 aliphatic heterocycles. The summed E-state index contributed by atoms with van der Waals surface area (Å²) in [5.41, 5.74) is 1.01. The Balaban J connectivity index is 2.33. The van der Waals surface area contributed by atoms with Crippen molar-refractivity contribution in [2.75, 3.05) is 26.8 Å². The zero-order chi connectivity index (χ0) is 16.2. The van der Waals surface area contributed by atoms with Crippen LogP contribution in [0, 0.1) is 0 Å². The second kappa shape index (κ2) is 10.6. The van der Waals surface area contributed by atoms with Crippen LogP contribution in [0.1, 0.15) is 24.8 Å². The van der Waals surface area contributed by atoms with Crippen molar-refractivity contribution in [2.45, 2.75) is 25.8 Å². The number of nitrogens with zero attached hydrogens (tertiary/aromatic N) is 1. The van der Waals surface area contributed by atoms with E-state index in [0.29, 0.717) is 32.4 Å². The first-order valence-electron chi connectivity index (χ1n) is 7.41. The van der Waals surface area contributed by atoms with Gasteiger partial charge in [0.15, 0.2) is 0 Å². The van der Waals surface area contributed by atoms with E-state index >= 15 is 0 Å². The van der Waals surface area contributed by atoms with Crippen LogP contribution in [-0.2, 0) is 16.1 Å². The van der Waals surface area contributed by atoms with Gasteiger partial charge >= 0.3 is 12.0 Å². The summed E-state index contributed by atoms with van der Waals surface area (Å²) in [6.07, 6.45) is 1.74. The number of urea groups is 1. The number of methoxy groups -OCH3 is 1. The summed E-state index contributed by atoms with van der Waals surface area (Å²) in [5, 5.41) is 11.9. The predicted octanol–water partition coefficient (Wildman–Crippen LogP) is 1.53. The standard InChI is InChI=1S/C16H24N2O4/c1-22-15(20)9-5-6-10-17-16(21)18(11-12-19)13-14-7-3-2-4-8-14/h2-4,7-8,19H,5-6,9-13H2,1H3,(H,17,21). The molecule has 1 aromatic carbocycles. The van der Waals surface area contributed by atoms with E-state index in [2.05, 4.69) is 10.1 Å². The molecule has 1 aromatic rings. The average Bonchev–Trinajstić information content (AvgIpc) is 2.54. The molecule has 22 heavy (non-hydrogen) atoms. The van der Waals surface area contributed by atoms with Gasteiger partial charge in [-0.25, -0.2) is 4.79 Å². The zero-order valence-corrected chi connectivity index (χ0v) is 13.0. The van der Waals surface area contributed by atoms with E-state index in [4.69, 9.17) is 5.11 Å². The van der Waals surface area contributed by atoms with Gasteiger partial charge in [-0.05, 0) is 18.4 Å². The van der Waals surface area contributed by atoms with Crippen LogP contribution in [0.15, 0.2) is 30.3 Å². The molecule has 0 atom stereocenters. The number of ether oxygens (including phenoxy) is 1.